The zero-order valence-corrected chi connectivity index (χ0v) is 16.4. The Kier molecular flexibility index (Phi) is 7.30. The van der Waals surface area contributed by atoms with Crippen LogP contribution >= 0.6 is 34.8 Å². The maximum atomic E-state index is 14.5. The van der Waals surface area contributed by atoms with Crippen LogP contribution in [-0.4, -0.2) is 17.0 Å². The molecule has 0 heterocycles. The van der Waals surface area contributed by atoms with Crippen molar-refractivity contribution in [2.24, 2.45) is 0 Å². The molecule has 2 aromatic carbocycles. The molecule has 0 aliphatic rings. The monoisotopic (exact) mass is 433 g/mol. The Balaban J connectivity index is 2.20. The van der Waals surface area contributed by atoms with Crippen LogP contribution in [-0.2, 0) is 22.6 Å². The van der Waals surface area contributed by atoms with Crippen molar-refractivity contribution in [3.05, 3.63) is 56.3 Å². The van der Waals surface area contributed by atoms with Gasteiger partial charge in [0.2, 0.25) is 5.91 Å². The number of hydrogen-bond acceptors (Lipinski definition) is 3. The summed E-state index contributed by atoms with van der Waals surface area (Å²) in [5, 5.41) is 11.7. The molecule has 0 aliphatic heterocycles. The number of halogens is 4. The molecular weight excluding hydrogens is 420 g/mol. The van der Waals surface area contributed by atoms with E-state index in [2.05, 4.69) is 5.32 Å². The van der Waals surface area contributed by atoms with Crippen LogP contribution in [0.3, 0.4) is 0 Å². The van der Waals surface area contributed by atoms with Crippen molar-refractivity contribution in [1.82, 2.24) is 0 Å². The molecule has 0 saturated carbocycles. The lowest BCUT2D eigenvalue weighted by Crippen LogP contribution is -2.10. The van der Waals surface area contributed by atoms with Gasteiger partial charge in [-0.3, -0.25) is 9.59 Å². The third-order valence-corrected chi connectivity index (χ3v) is 4.26. The van der Waals surface area contributed by atoms with E-state index in [9.17, 15) is 14.0 Å². The van der Waals surface area contributed by atoms with E-state index < -0.39 is 17.7 Å². The Hall–Kier alpha value is -2.02. The van der Waals surface area contributed by atoms with E-state index >= 15 is 0 Å². The molecule has 2 aromatic rings. The SMILES string of the molecule is CC(=O)Nc1cc(Cl)cc(COc2c(Cl)cc(CCC(=O)O)cc2Cl)c1F. The average Bonchev–Trinajstić information content (AvgIpc) is 2.55. The highest BCUT2D eigenvalue weighted by Crippen LogP contribution is 2.36. The minimum absolute atomic E-state index is 0.0604. The standard InChI is InChI=1S/C18H15Cl3FNO4/c1-9(24)23-15-7-12(19)6-11(17(15)22)8-27-18-13(20)4-10(5-14(18)21)2-3-16(25)26/h4-7H,2-3,8H2,1H3,(H,23,24)(H,25,26). The van der Waals surface area contributed by atoms with Gasteiger partial charge >= 0.3 is 5.97 Å². The first-order chi connectivity index (χ1) is 12.7. The highest BCUT2D eigenvalue weighted by atomic mass is 35.5. The van der Waals surface area contributed by atoms with Crippen molar-refractivity contribution in [3.8, 4) is 5.75 Å². The molecule has 27 heavy (non-hydrogen) atoms. The first kappa shape index (κ1) is 21.3. The molecule has 0 atom stereocenters. The van der Waals surface area contributed by atoms with Crippen LogP contribution in [0.15, 0.2) is 24.3 Å². The maximum absolute atomic E-state index is 14.5. The van der Waals surface area contributed by atoms with E-state index in [1.165, 1.54) is 19.1 Å². The van der Waals surface area contributed by atoms with Crippen molar-refractivity contribution in [1.29, 1.82) is 0 Å². The number of hydrogen-bond donors (Lipinski definition) is 2. The topological polar surface area (TPSA) is 75.6 Å². The largest absolute Gasteiger partial charge is 0.486 e. The highest BCUT2D eigenvalue weighted by Gasteiger charge is 2.15. The van der Waals surface area contributed by atoms with E-state index in [4.69, 9.17) is 44.6 Å². The predicted molar refractivity (Wildman–Crippen MR) is 102 cm³/mol. The van der Waals surface area contributed by atoms with Gasteiger partial charge in [0, 0.05) is 23.9 Å². The highest BCUT2D eigenvalue weighted by molar-refractivity contribution is 6.37. The van der Waals surface area contributed by atoms with Crippen LogP contribution in [0.2, 0.25) is 15.1 Å². The summed E-state index contributed by atoms with van der Waals surface area (Å²) in [6.45, 7) is 1.02. The number of nitrogens with one attached hydrogen (secondary N) is 1. The van der Waals surface area contributed by atoms with Gasteiger partial charge in [0.05, 0.1) is 15.7 Å². The molecule has 0 aromatic heterocycles. The van der Waals surface area contributed by atoms with Crippen molar-refractivity contribution < 1.29 is 23.8 Å². The van der Waals surface area contributed by atoms with E-state index in [1.807, 2.05) is 0 Å². The van der Waals surface area contributed by atoms with E-state index in [0.29, 0.717) is 5.56 Å². The Bertz CT molecular complexity index is 866. The van der Waals surface area contributed by atoms with Crippen molar-refractivity contribution in [2.75, 3.05) is 5.32 Å². The molecule has 1 amide bonds. The lowest BCUT2D eigenvalue weighted by atomic mass is 10.1. The van der Waals surface area contributed by atoms with Crippen LogP contribution in [0.4, 0.5) is 10.1 Å². The van der Waals surface area contributed by atoms with Crippen molar-refractivity contribution in [3.63, 3.8) is 0 Å². The molecule has 0 fully saturated rings. The maximum Gasteiger partial charge on any atom is 0.303 e. The molecule has 0 aliphatic carbocycles. The van der Waals surface area contributed by atoms with Gasteiger partial charge in [-0.15, -0.1) is 0 Å². The second-order valence-electron chi connectivity index (χ2n) is 5.68. The molecule has 0 radical (unpaired) electrons. The first-order valence-electron chi connectivity index (χ1n) is 7.75. The molecule has 144 valence electrons. The number of benzene rings is 2. The van der Waals surface area contributed by atoms with Crippen LogP contribution in [0, 0.1) is 5.82 Å². The van der Waals surface area contributed by atoms with Crippen LogP contribution in [0.1, 0.15) is 24.5 Å². The number of aryl methyl sites for hydroxylation is 1. The summed E-state index contributed by atoms with van der Waals surface area (Å²) in [6.07, 6.45) is 0.199. The van der Waals surface area contributed by atoms with Crippen LogP contribution < -0.4 is 10.1 Å². The molecule has 2 N–H and O–H groups in total. The number of carboxylic acids is 1. The summed E-state index contributed by atoms with van der Waals surface area (Å²) in [5.74, 6) is -1.92. The van der Waals surface area contributed by atoms with Gasteiger partial charge in [0.25, 0.3) is 0 Å². The van der Waals surface area contributed by atoms with Gasteiger partial charge in [-0.25, -0.2) is 4.39 Å². The fourth-order valence-electron chi connectivity index (χ4n) is 2.33. The van der Waals surface area contributed by atoms with Gasteiger partial charge in [0.15, 0.2) is 11.6 Å². The van der Waals surface area contributed by atoms with Crippen molar-refractivity contribution in [2.45, 2.75) is 26.4 Å². The Labute approximate surface area is 170 Å². The van der Waals surface area contributed by atoms with Crippen LogP contribution in [0.25, 0.3) is 0 Å². The van der Waals surface area contributed by atoms with Crippen LogP contribution in [0.5, 0.6) is 5.75 Å². The Morgan fingerprint density at radius 2 is 1.78 bits per heavy atom. The second-order valence-corrected chi connectivity index (χ2v) is 6.93. The molecule has 0 bridgehead atoms. The van der Waals surface area contributed by atoms with Gasteiger partial charge in [-0.1, -0.05) is 34.8 Å². The lowest BCUT2D eigenvalue weighted by molar-refractivity contribution is -0.137. The summed E-state index contributed by atoms with van der Waals surface area (Å²) in [7, 11) is 0. The molecular formula is C18H15Cl3FNO4. The average molecular weight is 435 g/mol. The van der Waals surface area contributed by atoms with Gasteiger partial charge in [-0.2, -0.15) is 0 Å². The smallest absolute Gasteiger partial charge is 0.303 e. The summed E-state index contributed by atoms with van der Waals surface area (Å²) >= 11 is 18.3. The van der Waals surface area contributed by atoms with E-state index in [-0.39, 0.29) is 51.5 Å². The minimum atomic E-state index is -0.936. The third-order valence-electron chi connectivity index (χ3n) is 3.48. The summed E-state index contributed by atoms with van der Waals surface area (Å²) in [5.41, 5.74) is 0.685. The van der Waals surface area contributed by atoms with E-state index in [0.717, 1.165) is 0 Å². The third kappa shape index (κ3) is 5.99. The Morgan fingerprint density at radius 3 is 2.33 bits per heavy atom. The zero-order valence-electron chi connectivity index (χ0n) is 14.1. The number of carbonyl (C=O) groups excluding carboxylic acids is 1. The quantitative estimate of drug-likeness (QED) is 0.617. The summed E-state index contributed by atoms with van der Waals surface area (Å²) in [4.78, 5) is 21.8. The second kappa shape index (κ2) is 9.26. The van der Waals surface area contributed by atoms with Gasteiger partial charge < -0.3 is 15.2 Å². The zero-order chi connectivity index (χ0) is 20.1. The summed E-state index contributed by atoms with van der Waals surface area (Å²) < 4.78 is 20.0. The molecule has 5 nitrogen and oxygen atoms in total. The molecule has 0 unspecified atom stereocenters. The number of aliphatic carboxylic acids is 1. The fourth-order valence-corrected chi connectivity index (χ4v) is 3.21. The molecule has 2 rings (SSSR count). The molecule has 0 spiro atoms. The number of anilines is 1. The molecule has 0 saturated heterocycles. The first-order valence-corrected chi connectivity index (χ1v) is 8.88. The van der Waals surface area contributed by atoms with Gasteiger partial charge in [-0.05, 0) is 36.2 Å². The Morgan fingerprint density at radius 1 is 1.15 bits per heavy atom. The van der Waals surface area contributed by atoms with Gasteiger partial charge in [0.1, 0.15) is 6.61 Å². The van der Waals surface area contributed by atoms with Crippen molar-refractivity contribution >= 4 is 52.4 Å². The number of ether oxygens (including phenoxy) is 1. The lowest BCUT2D eigenvalue weighted by Gasteiger charge is -2.14. The van der Waals surface area contributed by atoms with E-state index in [1.54, 1.807) is 12.1 Å². The number of rotatable bonds is 7. The fraction of sp³-hybridized carbons (Fsp3) is 0.222. The summed E-state index contributed by atoms with van der Waals surface area (Å²) in [6, 6.07) is 5.75. The molecule has 9 heteroatoms. The normalized spacial score (nSPS) is 10.6. The number of carbonyl (C=O) groups is 2. The minimum Gasteiger partial charge on any atom is -0.486 e. The number of amides is 1. The number of carboxylic acid groups (broad SMARTS) is 1. The predicted octanol–water partition coefficient (Wildman–Crippen LogP) is 5.34.